The Morgan fingerprint density at radius 3 is 2.79 bits per heavy atom. The van der Waals surface area contributed by atoms with Crippen LogP contribution in [0, 0.1) is 10.1 Å². The smallest absolute Gasteiger partial charge is 0.328 e. The molecule has 24 heavy (non-hydrogen) atoms. The fourth-order valence-electron chi connectivity index (χ4n) is 2.02. The molecule has 0 unspecified atom stereocenters. The largest absolute Gasteiger partial charge is 0.502 e. The number of phenols is 1. The first-order valence-electron chi connectivity index (χ1n) is 6.58. The summed E-state index contributed by atoms with van der Waals surface area (Å²) in [5.74, 6) is -1.56. The van der Waals surface area contributed by atoms with Gasteiger partial charge in [0.15, 0.2) is 5.75 Å². The molecule has 1 aromatic rings. The summed E-state index contributed by atoms with van der Waals surface area (Å²) >= 11 is 6.09. The zero-order valence-corrected chi connectivity index (χ0v) is 14.2. The van der Waals surface area contributed by atoms with Gasteiger partial charge in [-0.2, -0.15) is 0 Å². The number of esters is 1. The van der Waals surface area contributed by atoms with Gasteiger partial charge in [-0.15, -0.1) is 0 Å². The fraction of sp³-hybridized carbons (Fsp3) is 0.214. The van der Waals surface area contributed by atoms with E-state index in [-0.39, 0.29) is 9.23 Å². The monoisotopic (exact) mass is 368 g/mol. The predicted molar refractivity (Wildman–Crippen MR) is 91.3 cm³/mol. The van der Waals surface area contributed by atoms with Crippen molar-refractivity contribution in [1.82, 2.24) is 4.90 Å². The Balaban J connectivity index is 2.34. The van der Waals surface area contributed by atoms with E-state index in [1.54, 1.807) is 0 Å². The first-order valence-corrected chi connectivity index (χ1v) is 7.81. The third-order valence-electron chi connectivity index (χ3n) is 3.25. The summed E-state index contributed by atoms with van der Waals surface area (Å²) in [4.78, 5) is 35.5. The summed E-state index contributed by atoms with van der Waals surface area (Å²) in [5.41, 5.74) is -0.118. The van der Waals surface area contributed by atoms with Crippen LogP contribution in [0.2, 0.25) is 0 Å². The number of hydrogen-bond acceptors (Lipinski definition) is 8. The van der Waals surface area contributed by atoms with Crippen LogP contribution in [0.15, 0.2) is 23.1 Å². The van der Waals surface area contributed by atoms with Crippen LogP contribution >= 0.6 is 24.0 Å². The molecule has 1 heterocycles. The maximum Gasteiger partial charge on any atom is 0.328 e. The lowest BCUT2D eigenvalue weighted by Crippen LogP contribution is -2.42. The molecule has 1 aliphatic rings. The molecule has 2 rings (SSSR count). The van der Waals surface area contributed by atoms with Gasteiger partial charge >= 0.3 is 11.7 Å². The zero-order valence-electron chi connectivity index (χ0n) is 12.6. The summed E-state index contributed by atoms with van der Waals surface area (Å²) in [5, 5.41) is 20.3. The number of methoxy groups -OCH3 is 1. The van der Waals surface area contributed by atoms with Gasteiger partial charge in [0.05, 0.1) is 16.9 Å². The van der Waals surface area contributed by atoms with E-state index in [0.717, 1.165) is 22.7 Å². The molecule has 10 heteroatoms. The van der Waals surface area contributed by atoms with Crippen LogP contribution in [0.5, 0.6) is 5.75 Å². The van der Waals surface area contributed by atoms with E-state index in [2.05, 4.69) is 4.74 Å². The zero-order chi connectivity index (χ0) is 18.0. The van der Waals surface area contributed by atoms with Crippen molar-refractivity contribution in [2.45, 2.75) is 13.0 Å². The Hall–Kier alpha value is -2.46. The average molecular weight is 368 g/mol. The molecule has 8 nitrogen and oxygen atoms in total. The van der Waals surface area contributed by atoms with E-state index in [1.807, 2.05) is 0 Å². The predicted octanol–water partition coefficient (Wildman–Crippen LogP) is 2.06. The summed E-state index contributed by atoms with van der Waals surface area (Å²) < 4.78 is 4.80. The number of benzene rings is 1. The van der Waals surface area contributed by atoms with Gasteiger partial charge in [0.1, 0.15) is 10.4 Å². The third-order valence-corrected chi connectivity index (χ3v) is 4.58. The average Bonchev–Trinajstić information content (AvgIpc) is 2.81. The van der Waals surface area contributed by atoms with Gasteiger partial charge in [0.2, 0.25) is 0 Å². The van der Waals surface area contributed by atoms with Crippen LogP contribution in [-0.4, -0.2) is 44.3 Å². The lowest BCUT2D eigenvalue weighted by Gasteiger charge is -2.20. The van der Waals surface area contributed by atoms with Crippen molar-refractivity contribution < 1.29 is 24.4 Å². The summed E-state index contributed by atoms with van der Waals surface area (Å²) in [6, 6.07) is 2.87. The molecule has 126 valence electrons. The first kappa shape index (κ1) is 17.9. The fourth-order valence-corrected chi connectivity index (χ4v) is 3.44. The quantitative estimate of drug-likeness (QED) is 0.283. The summed E-state index contributed by atoms with van der Waals surface area (Å²) in [6.45, 7) is 1.49. The molecular formula is C14H12N2O6S2. The van der Waals surface area contributed by atoms with E-state index in [0.29, 0.717) is 5.56 Å². The number of aromatic hydroxyl groups is 1. The Labute approximate surface area is 146 Å². The molecule has 0 aliphatic carbocycles. The van der Waals surface area contributed by atoms with E-state index in [9.17, 15) is 24.8 Å². The van der Waals surface area contributed by atoms with Crippen LogP contribution < -0.4 is 0 Å². The number of thiocarbonyl (C=S) groups is 1. The van der Waals surface area contributed by atoms with E-state index in [1.165, 1.54) is 32.2 Å². The second-order valence-corrected chi connectivity index (χ2v) is 6.43. The number of thioether (sulfide) groups is 1. The number of nitro groups is 1. The number of hydrogen-bond donors (Lipinski definition) is 1. The topological polar surface area (TPSA) is 110 Å². The second kappa shape index (κ2) is 6.97. The molecule has 1 N–H and O–H groups in total. The highest BCUT2D eigenvalue weighted by molar-refractivity contribution is 8.26. The van der Waals surface area contributed by atoms with Crippen LogP contribution in [0.4, 0.5) is 5.69 Å². The molecule has 0 radical (unpaired) electrons. The van der Waals surface area contributed by atoms with Crippen molar-refractivity contribution in [2.24, 2.45) is 0 Å². The first-order chi connectivity index (χ1) is 11.3. The second-order valence-electron chi connectivity index (χ2n) is 4.76. The molecule has 1 atom stereocenters. The third kappa shape index (κ3) is 3.39. The van der Waals surface area contributed by atoms with Crippen molar-refractivity contribution in [3.8, 4) is 5.75 Å². The molecule has 0 aromatic heterocycles. The number of amides is 1. The molecule has 1 fully saturated rings. The number of nitrogens with zero attached hydrogens (tertiary/aromatic N) is 2. The minimum absolute atomic E-state index is 0.192. The SMILES string of the molecule is COC(=O)[C@@H](C)N1C(=O)/C(=C\c2ccc(O)c([N+](=O)[O-])c2)SC1=S. The minimum atomic E-state index is -0.873. The minimum Gasteiger partial charge on any atom is -0.502 e. The highest BCUT2D eigenvalue weighted by Crippen LogP contribution is 2.35. The number of carbonyl (C=O) groups is 2. The van der Waals surface area contributed by atoms with Crippen LogP contribution in [0.25, 0.3) is 6.08 Å². The molecule has 1 saturated heterocycles. The molecular weight excluding hydrogens is 356 g/mol. The van der Waals surface area contributed by atoms with Gasteiger partial charge in [-0.25, -0.2) is 4.79 Å². The number of rotatable bonds is 4. The van der Waals surface area contributed by atoms with Gasteiger partial charge in [0, 0.05) is 6.07 Å². The Morgan fingerprint density at radius 1 is 1.54 bits per heavy atom. The van der Waals surface area contributed by atoms with Crippen molar-refractivity contribution in [3.05, 3.63) is 38.8 Å². The maximum absolute atomic E-state index is 12.4. The highest BCUT2D eigenvalue weighted by atomic mass is 32.2. The summed E-state index contributed by atoms with van der Waals surface area (Å²) in [7, 11) is 1.21. The summed E-state index contributed by atoms with van der Waals surface area (Å²) in [6.07, 6.45) is 1.41. The van der Waals surface area contributed by atoms with Crippen LogP contribution in [0.1, 0.15) is 12.5 Å². The Bertz CT molecular complexity index is 777. The number of ether oxygens (including phenoxy) is 1. The normalized spacial score (nSPS) is 17.2. The van der Waals surface area contributed by atoms with Crippen LogP contribution in [-0.2, 0) is 14.3 Å². The molecule has 0 saturated carbocycles. The molecule has 1 aliphatic heterocycles. The van der Waals surface area contributed by atoms with Crippen molar-refractivity contribution in [3.63, 3.8) is 0 Å². The van der Waals surface area contributed by atoms with Gasteiger partial charge in [-0.1, -0.05) is 30.0 Å². The number of phenolic OH excluding ortho intramolecular Hbond substituents is 1. The number of carbonyl (C=O) groups excluding carboxylic acids is 2. The van der Waals surface area contributed by atoms with E-state index < -0.39 is 34.3 Å². The van der Waals surface area contributed by atoms with Gasteiger partial charge in [0.25, 0.3) is 5.91 Å². The van der Waals surface area contributed by atoms with Crippen molar-refractivity contribution in [1.29, 1.82) is 0 Å². The molecule has 0 spiro atoms. The molecule has 0 bridgehead atoms. The van der Waals surface area contributed by atoms with Crippen molar-refractivity contribution >= 4 is 51.9 Å². The van der Waals surface area contributed by atoms with E-state index in [4.69, 9.17) is 12.2 Å². The van der Waals surface area contributed by atoms with Gasteiger partial charge in [-0.05, 0) is 24.6 Å². The maximum atomic E-state index is 12.4. The standard InChI is InChI=1S/C14H12N2O6S2/c1-7(13(19)22-2)15-12(18)11(24-14(15)23)6-8-3-4-10(17)9(5-8)16(20)21/h3-7,17H,1-2H3/b11-6+/t7-/m1/s1. The number of nitro benzene ring substituents is 1. The van der Waals surface area contributed by atoms with Crippen LogP contribution in [0.3, 0.4) is 0 Å². The lowest BCUT2D eigenvalue weighted by molar-refractivity contribution is -0.385. The van der Waals surface area contributed by atoms with Crippen molar-refractivity contribution in [2.75, 3.05) is 7.11 Å². The Morgan fingerprint density at radius 2 is 2.21 bits per heavy atom. The highest BCUT2D eigenvalue weighted by Gasteiger charge is 2.38. The Kier molecular flexibility index (Phi) is 5.20. The lowest BCUT2D eigenvalue weighted by atomic mass is 10.1. The van der Waals surface area contributed by atoms with Gasteiger partial charge < -0.3 is 9.84 Å². The molecule has 1 amide bonds. The van der Waals surface area contributed by atoms with E-state index >= 15 is 0 Å². The molecule has 1 aromatic carbocycles. The van der Waals surface area contributed by atoms with Gasteiger partial charge in [-0.3, -0.25) is 19.8 Å².